The predicted molar refractivity (Wildman–Crippen MR) is 89.2 cm³/mol. The van der Waals surface area contributed by atoms with Gasteiger partial charge in [-0.05, 0) is 47.5 Å². The first-order valence-corrected chi connectivity index (χ1v) is 7.01. The van der Waals surface area contributed by atoms with Crippen molar-refractivity contribution in [2.24, 2.45) is 0 Å². The van der Waals surface area contributed by atoms with Crippen molar-refractivity contribution in [3.8, 4) is 23.0 Å². The third kappa shape index (κ3) is 5.14. The number of ether oxygens (including phenoxy) is 1. The van der Waals surface area contributed by atoms with E-state index in [1.807, 2.05) is 0 Å². The number of esters is 1. The van der Waals surface area contributed by atoms with Crippen molar-refractivity contribution < 1.29 is 34.8 Å². The molecule has 0 amide bonds. The summed E-state index contributed by atoms with van der Waals surface area (Å²) in [5.41, 5.74) is 0.880. The highest BCUT2D eigenvalue weighted by molar-refractivity contribution is 5.89. The topological polar surface area (TPSA) is 124 Å². The van der Waals surface area contributed by atoms with Crippen LogP contribution >= 0.6 is 0 Å². The molecule has 0 aliphatic carbocycles. The predicted octanol–water partition coefficient (Wildman–Crippen LogP) is 2.52. The number of carbonyl (C=O) groups is 2. The van der Waals surface area contributed by atoms with E-state index < -0.39 is 11.9 Å². The number of carboxylic acid groups (broad SMARTS) is 1. The Morgan fingerprint density at radius 2 is 1.40 bits per heavy atom. The molecule has 4 N–H and O–H groups in total. The summed E-state index contributed by atoms with van der Waals surface area (Å²) in [7, 11) is 0. The fourth-order valence-corrected chi connectivity index (χ4v) is 1.83. The molecule has 0 aliphatic rings. The Bertz CT molecular complexity index is 866. The molecular weight excluding hydrogens is 328 g/mol. The molecule has 2 aromatic carbocycles. The molecule has 0 saturated heterocycles. The van der Waals surface area contributed by atoms with Gasteiger partial charge in [0.1, 0.15) is 0 Å². The molecule has 0 atom stereocenters. The van der Waals surface area contributed by atoms with E-state index >= 15 is 0 Å². The van der Waals surface area contributed by atoms with Gasteiger partial charge in [0.25, 0.3) is 0 Å². The number of rotatable bonds is 5. The minimum atomic E-state index is -1.13. The van der Waals surface area contributed by atoms with E-state index in [1.165, 1.54) is 48.6 Å². The molecule has 2 aromatic rings. The van der Waals surface area contributed by atoms with Gasteiger partial charge >= 0.3 is 11.9 Å². The van der Waals surface area contributed by atoms with Crippen LogP contribution in [0.4, 0.5) is 0 Å². The van der Waals surface area contributed by atoms with E-state index in [0.717, 1.165) is 12.2 Å². The molecule has 0 heterocycles. The fourth-order valence-electron chi connectivity index (χ4n) is 1.83. The molecule has 128 valence electrons. The molecule has 2 rings (SSSR count). The van der Waals surface area contributed by atoms with Crippen molar-refractivity contribution >= 4 is 24.1 Å². The van der Waals surface area contributed by atoms with Crippen molar-refractivity contribution in [2.45, 2.75) is 0 Å². The van der Waals surface area contributed by atoms with E-state index in [4.69, 9.17) is 9.84 Å². The number of carbonyl (C=O) groups excluding carboxylic acids is 1. The lowest BCUT2D eigenvalue weighted by Gasteiger charge is -2.05. The summed E-state index contributed by atoms with van der Waals surface area (Å²) in [5, 5.41) is 36.9. The van der Waals surface area contributed by atoms with Crippen LogP contribution in [0.3, 0.4) is 0 Å². The van der Waals surface area contributed by atoms with Crippen LogP contribution in [-0.4, -0.2) is 32.4 Å². The molecule has 0 saturated carbocycles. The van der Waals surface area contributed by atoms with Crippen LogP contribution in [0.5, 0.6) is 23.0 Å². The van der Waals surface area contributed by atoms with Crippen molar-refractivity contribution in [3.05, 3.63) is 59.7 Å². The standard InChI is InChI=1S/C18H14O7/c19-13-5-1-11(9-15(13)21)4-8-18(24)25-16-10-12(2-6-14(16)20)3-7-17(22)23/h1-10,19-21H,(H,22,23). The number of aromatic hydroxyl groups is 3. The van der Waals surface area contributed by atoms with Crippen LogP contribution < -0.4 is 4.74 Å². The summed E-state index contributed by atoms with van der Waals surface area (Å²) in [6.45, 7) is 0. The number of benzene rings is 2. The first-order valence-electron chi connectivity index (χ1n) is 7.01. The second-order valence-corrected chi connectivity index (χ2v) is 4.90. The number of phenols is 3. The van der Waals surface area contributed by atoms with E-state index in [9.17, 15) is 24.9 Å². The fraction of sp³-hybridized carbons (Fsp3) is 0. The second kappa shape index (κ2) is 7.69. The maximum atomic E-state index is 11.8. The normalized spacial score (nSPS) is 11.0. The average molecular weight is 342 g/mol. The third-order valence-corrected chi connectivity index (χ3v) is 3.02. The first kappa shape index (κ1) is 17.6. The zero-order chi connectivity index (χ0) is 18.4. The summed E-state index contributed by atoms with van der Waals surface area (Å²) in [5.74, 6) is -2.94. The molecule has 7 heteroatoms. The van der Waals surface area contributed by atoms with Gasteiger partial charge < -0.3 is 25.2 Å². The van der Waals surface area contributed by atoms with Crippen LogP contribution in [0, 0.1) is 0 Å². The number of carboxylic acids is 1. The molecule has 0 unspecified atom stereocenters. The molecular formula is C18H14O7. The van der Waals surface area contributed by atoms with Crippen LogP contribution in [0.15, 0.2) is 48.6 Å². The second-order valence-electron chi connectivity index (χ2n) is 4.90. The summed E-state index contributed by atoms with van der Waals surface area (Å²) < 4.78 is 5.00. The lowest BCUT2D eigenvalue weighted by molar-refractivity contribution is -0.131. The highest BCUT2D eigenvalue weighted by atomic mass is 16.5. The van der Waals surface area contributed by atoms with Gasteiger partial charge in [0, 0.05) is 12.2 Å². The Morgan fingerprint density at radius 1 is 0.800 bits per heavy atom. The number of phenolic OH excluding ortho intramolecular Hbond substituents is 3. The van der Waals surface area contributed by atoms with Gasteiger partial charge in [-0.15, -0.1) is 0 Å². The zero-order valence-corrected chi connectivity index (χ0v) is 12.8. The summed E-state index contributed by atoms with van der Waals surface area (Å²) in [4.78, 5) is 22.3. The Balaban J connectivity index is 2.11. The van der Waals surface area contributed by atoms with Crippen LogP contribution in [0.1, 0.15) is 11.1 Å². The largest absolute Gasteiger partial charge is 0.504 e. The molecule has 0 bridgehead atoms. The van der Waals surface area contributed by atoms with Gasteiger partial charge in [0.15, 0.2) is 23.0 Å². The van der Waals surface area contributed by atoms with Crippen LogP contribution in [-0.2, 0) is 9.59 Å². The van der Waals surface area contributed by atoms with E-state index in [2.05, 4.69) is 0 Å². The number of hydrogen-bond acceptors (Lipinski definition) is 6. The van der Waals surface area contributed by atoms with Gasteiger partial charge in [-0.3, -0.25) is 0 Å². The van der Waals surface area contributed by atoms with Crippen molar-refractivity contribution in [1.82, 2.24) is 0 Å². The average Bonchev–Trinajstić information content (AvgIpc) is 2.56. The molecule has 0 fully saturated rings. The molecule has 0 aromatic heterocycles. The smallest absolute Gasteiger partial charge is 0.336 e. The van der Waals surface area contributed by atoms with Crippen molar-refractivity contribution in [2.75, 3.05) is 0 Å². The summed E-state index contributed by atoms with van der Waals surface area (Å²) in [6, 6.07) is 8.05. The van der Waals surface area contributed by atoms with Gasteiger partial charge in [-0.1, -0.05) is 12.1 Å². The maximum Gasteiger partial charge on any atom is 0.336 e. The minimum Gasteiger partial charge on any atom is -0.504 e. The van der Waals surface area contributed by atoms with Gasteiger partial charge in [-0.25, -0.2) is 9.59 Å². The maximum absolute atomic E-state index is 11.8. The molecule has 25 heavy (non-hydrogen) atoms. The number of aliphatic carboxylic acids is 1. The van der Waals surface area contributed by atoms with Crippen LogP contribution in [0.25, 0.3) is 12.2 Å². The number of hydrogen-bond donors (Lipinski definition) is 4. The lowest BCUT2D eigenvalue weighted by atomic mass is 10.2. The molecule has 0 spiro atoms. The van der Waals surface area contributed by atoms with E-state index in [-0.39, 0.29) is 23.0 Å². The lowest BCUT2D eigenvalue weighted by Crippen LogP contribution is -2.04. The Kier molecular flexibility index (Phi) is 5.42. The summed E-state index contributed by atoms with van der Waals surface area (Å²) in [6.07, 6.45) is 4.63. The van der Waals surface area contributed by atoms with Gasteiger partial charge in [0.2, 0.25) is 0 Å². The Labute approximate surface area is 142 Å². The van der Waals surface area contributed by atoms with Gasteiger partial charge in [-0.2, -0.15) is 0 Å². The van der Waals surface area contributed by atoms with E-state index in [0.29, 0.717) is 11.1 Å². The van der Waals surface area contributed by atoms with E-state index in [1.54, 1.807) is 0 Å². The minimum absolute atomic E-state index is 0.129. The van der Waals surface area contributed by atoms with Crippen molar-refractivity contribution in [1.29, 1.82) is 0 Å². The van der Waals surface area contributed by atoms with Gasteiger partial charge in [0.05, 0.1) is 0 Å². The zero-order valence-electron chi connectivity index (χ0n) is 12.8. The highest BCUT2D eigenvalue weighted by Gasteiger charge is 2.07. The monoisotopic (exact) mass is 342 g/mol. The SMILES string of the molecule is O=C(O)C=Cc1ccc(O)c(OC(=O)C=Cc2ccc(O)c(O)c2)c1. The van der Waals surface area contributed by atoms with Crippen LogP contribution in [0.2, 0.25) is 0 Å². The third-order valence-electron chi connectivity index (χ3n) is 3.02. The Morgan fingerprint density at radius 3 is 2.04 bits per heavy atom. The Hall–Kier alpha value is -3.74. The molecule has 0 aliphatic heterocycles. The molecule has 7 nitrogen and oxygen atoms in total. The quantitative estimate of drug-likeness (QED) is 0.285. The first-order chi connectivity index (χ1) is 11.8. The summed E-state index contributed by atoms with van der Waals surface area (Å²) >= 11 is 0. The highest BCUT2D eigenvalue weighted by Crippen LogP contribution is 2.28. The molecule has 0 radical (unpaired) electrons. The van der Waals surface area contributed by atoms with Crippen molar-refractivity contribution in [3.63, 3.8) is 0 Å².